The zero-order valence-corrected chi connectivity index (χ0v) is 11.2. The molecular formula is C13H21NOS. The Labute approximate surface area is 102 Å². The molecule has 2 rings (SSSR count). The fourth-order valence-corrected chi connectivity index (χ4v) is 3.76. The Kier molecular flexibility index (Phi) is 3.36. The lowest BCUT2D eigenvalue weighted by Gasteiger charge is -2.35. The Bertz CT molecular complexity index is 355. The van der Waals surface area contributed by atoms with Crippen molar-refractivity contribution in [2.75, 3.05) is 0 Å². The molecule has 1 N–H and O–H groups in total. The molecule has 1 saturated carbocycles. The minimum absolute atomic E-state index is 0.492. The van der Waals surface area contributed by atoms with Gasteiger partial charge in [-0.3, -0.25) is 0 Å². The molecule has 0 spiro atoms. The van der Waals surface area contributed by atoms with Gasteiger partial charge in [-0.15, -0.1) is 11.3 Å². The first-order chi connectivity index (χ1) is 7.48. The molecule has 16 heavy (non-hydrogen) atoms. The van der Waals surface area contributed by atoms with E-state index in [-0.39, 0.29) is 0 Å². The van der Waals surface area contributed by atoms with Gasteiger partial charge in [-0.2, -0.15) is 0 Å². The third-order valence-electron chi connectivity index (χ3n) is 3.62. The lowest BCUT2D eigenvalue weighted by molar-refractivity contribution is -0.0124. The van der Waals surface area contributed by atoms with Gasteiger partial charge in [-0.1, -0.05) is 19.8 Å². The molecule has 0 aromatic carbocycles. The highest BCUT2D eigenvalue weighted by molar-refractivity contribution is 7.11. The molecule has 0 aliphatic heterocycles. The van der Waals surface area contributed by atoms with E-state index in [2.05, 4.69) is 18.8 Å². The minimum atomic E-state index is -0.492. The topological polar surface area (TPSA) is 33.1 Å². The van der Waals surface area contributed by atoms with Crippen LogP contribution in [-0.2, 0) is 6.42 Å². The summed E-state index contributed by atoms with van der Waals surface area (Å²) < 4.78 is 0. The molecule has 90 valence electrons. The van der Waals surface area contributed by atoms with Crippen LogP contribution in [0.2, 0.25) is 0 Å². The van der Waals surface area contributed by atoms with Crippen LogP contribution in [0.25, 0.3) is 0 Å². The summed E-state index contributed by atoms with van der Waals surface area (Å²) in [5, 5.41) is 11.7. The first kappa shape index (κ1) is 12.1. The summed E-state index contributed by atoms with van der Waals surface area (Å²) in [4.78, 5) is 5.81. The van der Waals surface area contributed by atoms with Crippen LogP contribution in [0.3, 0.4) is 0 Å². The van der Waals surface area contributed by atoms with Crippen LogP contribution in [0.5, 0.6) is 0 Å². The summed E-state index contributed by atoms with van der Waals surface area (Å²) in [6, 6.07) is 0. The molecule has 1 heterocycles. The van der Waals surface area contributed by atoms with Gasteiger partial charge < -0.3 is 5.11 Å². The minimum Gasteiger partial charge on any atom is -0.389 e. The third-order valence-corrected chi connectivity index (χ3v) is 4.69. The number of hydrogen-bond donors (Lipinski definition) is 1. The maximum Gasteiger partial charge on any atom is 0.0959 e. The summed E-state index contributed by atoms with van der Waals surface area (Å²) in [5.74, 6) is 0.654. The van der Waals surface area contributed by atoms with Crippen LogP contribution in [0.1, 0.15) is 48.2 Å². The van der Waals surface area contributed by atoms with Gasteiger partial charge in [0, 0.05) is 11.3 Å². The predicted molar refractivity (Wildman–Crippen MR) is 67.9 cm³/mol. The normalized spacial score (nSPS) is 30.6. The molecule has 0 saturated heterocycles. The Balaban J connectivity index is 2.07. The van der Waals surface area contributed by atoms with Crippen LogP contribution in [0.15, 0.2) is 0 Å². The molecule has 1 aromatic rings. The van der Waals surface area contributed by atoms with E-state index in [9.17, 15) is 5.11 Å². The lowest BCUT2D eigenvalue weighted by atomic mass is 9.77. The quantitative estimate of drug-likeness (QED) is 0.859. The van der Waals surface area contributed by atoms with Gasteiger partial charge in [-0.05, 0) is 32.6 Å². The van der Waals surface area contributed by atoms with Crippen LogP contribution >= 0.6 is 11.3 Å². The molecule has 1 aliphatic carbocycles. The molecule has 0 bridgehead atoms. The van der Waals surface area contributed by atoms with Gasteiger partial charge in [0.1, 0.15) is 0 Å². The largest absolute Gasteiger partial charge is 0.389 e. The van der Waals surface area contributed by atoms with Gasteiger partial charge >= 0.3 is 0 Å². The van der Waals surface area contributed by atoms with E-state index in [1.165, 1.54) is 11.3 Å². The fraction of sp³-hybridized carbons (Fsp3) is 0.769. The molecular weight excluding hydrogens is 218 g/mol. The number of rotatable bonds is 2. The van der Waals surface area contributed by atoms with Crippen molar-refractivity contribution in [1.82, 2.24) is 4.98 Å². The van der Waals surface area contributed by atoms with Crippen LogP contribution in [0, 0.1) is 19.8 Å². The smallest absolute Gasteiger partial charge is 0.0959 e. The first-order valence-corrected chi connectivity index (χ1v) is 6.95. The average Bonchev–Trinajstić information content (AvgIpc) is 2.43. The second kappa shape index (κ2) is 4.46. The molecule has 3 heteroatoms. The highest BCUT2D eigenvalue weighted by atomic mass is 32.1. The number of aryl methyl sites for hydroxylation is 2. The van der Waals surface area contributed by atoms with Crippen molar-refractivity contribution in [3.05, 3.63) is 15.6 Å². The lowest BCUT2D eigenvalue weighted by Crippen LogP contribution is -2.36. The van der Waals surface area contributed by atoms with Gasteiger partial charge in [0.15, 0.2) is 0 Å². The zero-order valence-electron chi connectivity index (χ0n) is 10.4. The van der Waals surface area contributed by atoms with Gasteiger partial charge in [-0.25, -0.2) is 4.98 Å². The molecule has 2 nitrogen and oxygen atoms in total. The van der Waals surface area contributed by atoms with Gasteiger partial charge in [0.2, 0.25) is 0 Å². The van der Waals surface area contributed by atoms with E-state index < -0.39 is 5.60 Å². The second-order valence-corrected chi connectivity index (χ2v) is 6.64. The Morgan fingerprint density at radius 3 is 2.81 bits per heavy atom. The predicted octanol–water partition coefficient (Wildman–Crippen LogP) is 3.24. The Morgan fingerprint density at radius 2 is 2.25 bits per heavy atom. The van der Waals surface area contributed by atoms with Gasteiger partial charge in [0.25, 0.3) is 0 Å². The maximum absolute atomic E-state index is 10.6. The van der Waals surface area contributed by atoms with E-state index in [1.807, 2.05) is 6.92 Å². The highest BCUT2D eigenvalue weighted by Gasteiger charge is 2.33. The van der Waals surface area contributed by atoms with Crippen LogP contribution in [-0.4, -0.2) is 15.7 Å². The van der Waals surface area contributed by atoms with Crippen LogP contribution in [0.4, 0.5) is 0 Å². The van der Waals surface area contributed by atoms with Crippen molar-refractivity contribution in [2.24, 2.45) is 5.92 Å². The van der Waals surface area contributed by atoms with Crippen molar-refractivity contribution >= 4 is 11.3 Å². The van der Waals surface area contributed by atoms with Crippen molar-refractivity contribution in [3.8, 4) is 0 Å². The molecule has 2 atom stereocenters. The molecule has 0 radical (unpaired) electrons. The molecule has 2 unspecified atom stereocenters. The van der Waals surface area contributed by atoms with Gasteiger partial charge in [0.05, 0.1) is 16.3 Å². The number of hydrogen-bond acceptors (Lipinski definition) is 3. The summed E-state index contributed by atoms with van der Waals surface area (Å²) in [5.41, 5.74) is 0.626. The summed E-state index contributed by atoms with van der Waals surface area (Å²) in [6.45, 7) is 6.38. The number of thiazole rings is 1. The van der Waals surface area contributed by atoms with Crippen molar-refractivity contribution in [3.63, 3.8) is 0 Å². The van der Waals surface area contributed by atoms with E-state index in [0.717, 1.165) is 36.4 Å². The number of aromatic nitrogens is 1. The zero-order chi connectivity index (χ0) is 11.8. The number of nitrogens with zero attached hydrogens (tertiary/aromatic N) is 1. The SMILES string of the molecule is Cc1nc(CC2(O)CCCC(C)C2)sc1C. The fourth-order valence-electron chi connectivity index (χ4n) is 2.69. The maximum atomic E-state index is 10.6. The Morgan fingerprint density at radius 1 is 1.50 bits per heavy atom. The molecule has 1 aliphatic rings. The van der Waals surface area contributed by atoms with Crippen molar-refractivity contribution < 1.29 is 5.11 Å². The van der Waals surface area contributed by atoms with E-state index in [1.54, 1.807) is 11.3 Å². The molecule has 1 fully saturated rings. The average molecular weight is 239 g/mol. The van der Waals surface area contributed by atoms with Crippen LogP contribution < -0.4 is 0 Å². The monoisotopic (exact) mass is 239 g/mol. The molecule has 0 amide bonds. The third kappa shape index (κ3) is 2.64. The summed E-state index contributed by atoms with van der Waals surface area (Å²) >= 11 is 1.74. The summed E-state index contributed by atoms with van der Waals surface area (Å²) in [6.07, 6.45) is 5.04. The Hall–Kier alpha value is -0.410. The van der Waals surface area contributed by atoms with E-state index >= 15 is 0 Å². The van der Waals surface area contributed by atoms with E-state index in [4.69, 9.17) is 0 Å². The standard InChI is InChI=1S/C13H21NOS/c1-9-5-4-6-13(15,7-9)8-12-14-10(2)11(3)16-12/h9,15H,4-8H2,1-3H3. The first-order valence-electron chi connectivity index (χ1n) is 6.14. The van der Waals surface area contributed by atoms with E-state index in [0.29, 0.717) is 5.92 Å². The number of aliphatic hydroxyl groups is 1. The van der Waals surface area contributed by atoms with Crippen molar-refractivity contribution in [2.45, 2.75) is 58.5 Å². The second-order valence-electron chi connectivity index (χ2n) is 5.35. The highest BCUT2D eigenvalue weighted by Crippen LogP contribution is 2.35. The summed E-state index contributed by atoms with van der Waals surface area (Å²) in [7, 11) is 0. The molecule has 1 aromatic heterocycles. The van der Waals surface area contributed by atoms with Crippen molar-refractivity contribution in [1.29, 1.82) is 0 Å².